The number of benzene rings is 1. The molecule has 4 rings (SSSR count). The molecule has 0 unspecified atom stereocenters. The van der Waals surface area contributed by atoms with Crippen LogP contribution in [-0.2, 0) is 10.0 Å². The molecule has 0 aliphatic carbocycles. The van der Waals surface area contributed by atoms with E-state index in [9.17, 15) is 12.8 Å². The summed E-state index contributed by atoms with van der Waals surface area (Å²) in [4.78, 5) is 8.95. The van der Waals surface area contributed by atoms with Crippen molar-refractivity contribution >= 4 is 21.1 Å². The molecule has 0 spiro atoms. The minimum Gasteiger partial charge on any atom is -0.324 e. The SMILES string of the molecule is CC(C)n1c([C@H]2CCN(S(=O)(=O)c3cccc(F)c3)C2)nc2ccncc21. The summed E-state index contributed by atoms with van der Waals surface area (Å²) in [7, 11) is -3.72. The van der Waals surface area contributed by atoms with Gasteiger partial charge in [-0.05, 0) is 44.5 Å². The molecule has 1 fully saturated rings. The fourth-order valence-corrected chi connectivity index (χ4v) is 5.26. The van der Waals surface area contributed by atoms with Crippen molar-refractivity contribution in [3.63, 3.8) is 0 Å². The molecule has 0 N–H and O–H groups in total. The summed E-state index contributed by atoms with van der Waals surface area (Å²) >= 11 is 0. The Morgan fingerprint density at radius 3 is 2.81 bits per heavy atom. The summed E-state index contributed by atoms with van der Waals surface area (Å²) in [5, 5.41) is 0. The zero-order valence-electron chi connectivity index (χ0n) is 15.2. The molecule has 142 valence electrons. The van der Waals surface area contributed by atoms with Crippen molar-refractivity contribution in [2.24, 2.45) is 0 Å². The zero-order chi connectivity index (χ0) is 19.2. The highest BCUT2D eigenvalue weighted by Crippen LogP contribution is 2.34. The molecule has 1 atom stereocenters. The Morgan fingerprint density at radius 1 is 1.26 bits per heavy atom. The molecule has 6 nitrogen and oxygen atoms in total. The van der Waals surface area contributed by atoms with Gasteiger partial charge in [-0.3, -0.25) is 4.98 Å². The summed E-state index contributed by atoms with van der Waals surface area (Å²) in [5.41, 5.74) is 1.81. The average molecular weight is 388 g/mol. The lowest BCUT2D eigenvalue weighted by Gasteiger charge is -2.18. The lowest BCUT2D eigenvalue weighted by molar-refractivity contribution is 0.466. The molecule has 1 aromatic carbocycles. The first kappa shape index (κ1) is 18.1. The van der Waals surface area contributed by atoms with Crippen LogP contribution >= 0.6 is 0 Å². The summed E-state index contributed by atoms with van der Waals surface area (Å²) in [6, 6.07) is 7.21. The first-order chi connectivity index (χ1) is 12.9. The summed E-state index contributed by atoms with van der Waals surface area (Å²) < 4.78 is 42.8. The maximum atomic E-state index is 13.5. The monoisotopic (exact) mass is 388 g/mol. The van der Waals surface area contributed by atoms with Crippen molar-refractivity contribution in [3.05, 3.63) is 54.4 Å². The molecule has 27 heavy (non-hydrogen) atoms. The molecule has 0 bridgehead atoms. The van der Waals surface area contributed by atoms with Gasteiger partial charge < -0.3 is 4.57 Å². The van der Waals surface area contributed by atoms with Gasteiger partial charge in [0.15, 0.2) is 0 Å². The van der Waals surface area contributed by atoms with Crippen LogP contribution in [0.3, 0.4) is 0 Å². The molecule has 1 aliphatic heterocycles. The van der Waals surface area contributed by atoms with E-state index in [2.05, 4.69) is 23.4 Å². The van der Waals surface area contributed by atoms with E-state index in [0.717, 1.165) is 22.9 Å². The normalized spacial score (nSPS) is 18.6. The Kier molecular flexibility index (Phi) is 4.47. The fourth-order valence-electron chi connectivity index (χ4n) is 3.72. The standard InChI is InChI=1S/C19H21FN4O2S/c1-13(2)24-18-11-21-8-6-17(18)22-19(24)14-7-9-23(12-14)27(25,26)16-5-3-4-15(20)10-16/h3-6,8,10-11,13-14H,7,9,12H2,1-2H3/t14-/m0/s1. The van der Waals surface area contributed by atoms with Gasteiger partial charge in [0.2, 0.25) is 10.0 Å². The van der Waals surface area contributed by atoms with E-state index in [0.29, 0.717) is 19.5 Å². The van der Waals surface area contributed by atoms with Crippen LogP contribution < -0.4 is 0 Å². The van der Waals surface area contributed by atoms with Crippen LogP contribution in [-0.4, -0.2) is 40.3 Å². The molecule has 1 saturated heterocycles. The molecule has 0 radical (unpaired) electrons. The third-order valence-corrected chi connectivity index (χ3v) is 6.85. The Labute approximate surface area is 157 Å². The van der Waals surface area contributed by atoms with Crippen LogP contribution in [0.1, 0.15) is 38.1 Å². The first-order valence-electron chi connectivity index (χ1n) is 8.95. The van der Waals surface area contributed by atoms with Crippen molar-refractivity contribution in [1.29, 1.82) is 0 Å². The molecule has 3 aromatic rings. The van der Waals surface area contributed by atoms with Gasteiger partial charge in [-0.1, -0.05) is 6.07 Å². The molecule has 1 aliphatic rings. The highest BCUT2D eigenvalue weighted by molar-refractivity contribution is 7.89. The highest BCUT2D eigenvalue weighted by Gasteiger charge is 2.36. The minimum absolute atomic E-state index is 0.00953. The van der Waals surface area contributed by atoms with Crippen molar-refractivity contribution in [1.82, 2.24) is 18.8 Å². The maximum absolute atomic E-state index is 13.5. The smallest absolute Gasteiger partial charge is 0.243 e. The van der Waals surface area contributed by atoms with Crippen molar-refractivity contribution < 1.29 is 12.8 Å². The number of hydrogen-bond donors (Lipinski definition) is 0. The van der Waals surface area contributed by atoms with E-state index in [-0.39, 0.29) is 16.9 Å². The Morgan fingerprint density at radius 2 is 2.07 bits per heavy atom. The van der Waals surface area contributed by atoms with Gasteiger partial charge in [-0.25, -0.2) is 17.8 Å². The molecule has 8 heteroatoms. The van der Waals surface area contributed by atoms with Gasteiger partial charge >= 0.3 is 0 Å². The summed E-state index contributed by atoms with van der Waals surface area (Å²) in [6.45, 7) is 4.88. The minimum atomic E-state index is -3.72. The number of fused-ring (bicyclic) bond motifs is 1. The second-order valence-corrected chi connectivity index (χ2v) is 9.04. The maximum Gasteiger partial charge on any atom is 0.243 e. The Balaban J connectivity index is 1.67. The number of hydrogen-bond acceptors (Lipinski definition) is 4. The topological polar surface area (TPSA) is 68.1 Å². The average Bonchev–Trinajstić information content (AvgIpc) is 3.26. The van der Waals surface area contributed by atoms with Gasteiger partial charge in [0.05, 0.1) is 22.1 Å². The van der Waals surface area contributed by atoms with Crippen LogP contribution in [0.5, 0.6) is 0 Å². The van der Waals surface area contributed by atoms with Gasteiger partial charge in [0, 0.05) is 31.2 Å². The number of nitrogens with zero attached hydrogens (tertiary/aromatic N) is 4. The highest BCUT2D eigenvalue weighted by atomic mass is 32.2. The predicted molar refractivity (Wildman–Crippen MR) is 100 cm³/mol. The lowest BCUT2D eigenvalue weighted by Crippen LogP contribution is -2.29. The molecular weight excluding hydrogens is 367 g/mol. The summed E-state index contributed by atoms with van der Waals surface area (Å²) in [5.74, 6) is 0.314. The van der Waals surface area contributed by atoms with Gasteiger partial charge in [0.1, 0.15) is 11.6 Å². The number of sulfonamides is 1. The molecule has 0 amide bonds. The van der Waals surface area contributed by atoms with Crippen LogP contribution in [0.25, 0.3) is 11.0 Å². The predicted octanol–water partition coefficient (Wildman–Crippen LogP) is 3.33. The van der Waals surface area contributed by atoms with Crippen LogP contribution in [0.15, 0.2) is 47.6 Å². The van der Waals surface area contributed by atoms with E-state index in [1.165, 1.54) is 22.5 Å². The zero-order valence-corrected chi connectivity index (χ0v) is 16.0. The van der Waals surface area contributed by atoms with Gasteiger partial charge in [0.25, 0.3) is 0 Å². The number of pyridine rings is 1. The summed E-state index contributed by atoms with van der Waals surface area (Å²) in [6.07, 6.45) is 4.18. The van der Waals surface area contributed by atoms with Crippen LogP contribution in [0.2, 0.25) is 0 Å². The van der Waals surface area contributed by atoms with Crippen molar-refractivity contribution in [3.8, 4) is 0 Å². The van der Waals surface area contributed by atoms with E-state index in [1.54, 1.807) is 12.4 Å². The number of imidazole rings is 1. The van der Waals surface area contributed by atoms with E-state index >= 15 is 0 Å². The van der Waals surface area contributed by atoms with E-state index < -0.39 is 15.8 Å². The van der Waals surface area contributed by atoms with Crippen molar-refractivity contribution in [2.75, 3.05) is 13.1 Å². The molecule has 0 saturated carbocycles. The van der Waals surface area contributed by atoms with Gasteiger partial charge in [-0.15, -0.1) is 0 Å². The second kappa shape index (κ2) is 6.69. The number of rotatable bonds is 4. The fraction of sp³-hybridized carbons (Fsp3) is 0.368. The van der Waals surface area contributed by atoms with Crippen LogP contribution in [0.4, 0.5) is 4.39 Å². The van der Waals surface area contributed by atoms with Gasteiger partial charge in [-0.2, -0.15) is 4.31 Å². The first-order valence-corrected chi connectivity index (χ1v) is 10.4. The lowest BCUT2D eigenvalue weighted by atomic mass is 10.1. The number of aromatic nitrogens is 3. The van der Waals surface area contributed by atoms with E-state index in [4.69, 9.17) is 4.98 Å². The Bertz CT molecular complexity index is 1090. The molecule has 2 aromatic heterocycles. The Hall–Kier alpha value is -2.32. The van der Waals surface area contributed by atoms with E-state index in [1.807, 2.05) is 6.07 Å². The third kappa shape index (κ3) is 3.12. The molecule has 3 heterocycles. The third-order valence-electron chi connectivity index (χ3n) is 4.99. The quantitative estimate of drug-likeness (QED) is 0.688. The van der Waals surface area contributed by atoms with Crippen LogP contribution in [0, 0.1) is 5.82 Å². The molecular formula is C19H21FN4O2S. The second-order valence-electron chi connectivity index (χ2n) is 7.10. The van der Waals surface area contributed by atoms with Crippen molar-refractivity contribution in [2.45, 2.75) is 37.1 Å². The number of halogens is 1. The largest absolute Gasteiger partial charge is 0.324 e.